The van der Waals surface area contributed by atoms with Gasteiger partial charge in [-0.3, -0.25) is 4.79 Å². The van der Waals surface area contributed by atoms with Gasteiger partial charge in [0.25, 0.3) is 5.89 Å². The van der Waals surface area contributed by atoms with Crippen LogP contribution in [-0.4, -0.2) is 47.7 Å². The average molecular weight is 328 g/mol. The molecular formula is C17H20N4O3. The van der Waals surface area contributed by atoms with E-state index in [0.717, 1.165) is 37.2 Å². The van der Waals surface area contributed by atoms with E-state index in [9.17, 15) is 4.79 Å². The number of rotatable bonds is 4. The predicted molar refractivity (Wildman–Crippen MR) is 87.3 cm³/mol. The molecule has 1 amide bonds. The van der Waals surface area contributed by atoms with E-state index >= 15 is 0 Å². The highest BCUT2D eigenvalue weighted by Crippen LogP contribution is 2.31. The van der Waals surface area contributed by atoms with Gasteiger partial charge >= 0.3 is 0 Å². The highest BCUT2D eigenvalue weighted by molar-refractivity contribution is 5.94. The summed E-state index contributed by atoms with van der Waals surface area (Å²) in [6.07, 6.45) is 1.79. The molecule has 1 saturated heterocycles. The van der Waals surface area contributed by atoms with Gasteiger partial charge in [-0.1, -0.05) is 11.2 Å². The molecule has 7 nitrogen and oxygen atoms in total. The molecule has 1 aliphatic heterocycles. The lowest BCUT2D eigenvalue weighted by atomic mass is 10.2. The molecular weight excluding hydrogens is 308 g/mol. The molecule has 1 aliphatic carbocycles. The van der Waals surface area contributed by atoms with E-state index in [2.05, 4.69) is 20.4 Å². The van der Waals surface area contributed by atoms with Crippen molar-refractivity contribution >= 4 is 11.6 Å². The van der Waals surface area contributed by atoms with Gasteiger partial charge < -0.3 is 19.5 Å². The van der Waals surface area contributed by atoms with Gasteiger partial charge in [0.05, 0.1) is 6.61 Å². The molecule has 0 spiro atoms. The zero-order valence-corrected chi connectivity index (χ0v) is 13.6. The van der Waals surface area contributed by atoms with Crippen molar-refractivity contribution in [2.45, 2.75) is 18.9 Å². The minimum Gasteiger partial charge on any atom is -0.367 e. The number of likely N-dealkylation sites (N-methyl/N-ethyl adjacent to an activating group) is 1. The predicted octanol–water partition coefficient (Wildman–Crippen LogP) is 2.09. The molecule has 24 heavy (non-hydrogen) atoms. The summed E-state index contributed by atoms with van der Waals surface area (Å²) in [7, 11) is 2.04. The number of aromatic nitrogens is 2. The lowest BCUT2D eigenvalue weighted by molar-refractivity contribution is -0.117. The summed E-state index contributed by atoms with van der Waals surface area (Å²) < 4.78 is 11.1. The van der Waals surface area contributed by atoms with Crippen LogP contribution in [0.3, 0.4) is 0 Å². The molecule has 0 unspecified atom stereocenters. The minimum atomic E-state index is -0.168. The Labute approximate surface area is 140 Å². The number of carbonyl (C=O) groups is 1. The fraction of sp³-hybridized carbons (Fsp3) is 0.471. The number of hydrogen-bond acceptors (Lipinski definition) is 6. The van der Waals surface area contributed by atoms with E-state index in [0.29, 0.717) is 18.3 Å². The number of nitrogens with one attached hydrogen (secondary N) is 1. The van der Waals surface area contributed by atoms with E-state index in [1.165, 1.54) is 0 Å². The Kier molecular flexibility index (Phi) is 4.03. The standard InChI is InChI=1S/C17H20N4O3/c1-21-7-8-23-14(10-21)15-19-17(24-20-15)12-3-2-4-13(9-12)18-16(22)11-5-6-11/h2-4,9,11,14H,5-8,10H2,1H3,(H,18,22)/t14-/m1/s1. The maximum Gasteiger partial charge on any atom is 0.258 e. The molecule has 0 bridgehead atoms. The van der Waals surface area contributed by atoms with Crippen LogP contribution in [0.15, 0.2) is 28.8 Å². The highest BCUT2D eigenvalue weighted by atomic mass is 16.5. The van der Waals surface area contributed by atoms with Gasteiger partial charge in [-0.15, -0.1) is 0 Å². The lowest BCUT2D eigenvalue weighted by Gasteiger charge is -2.27. The minimum absolute atomic E-state index is 0.0806. The normalized spacial score (nSPS) is 21.6. The van der Waals surface area contributed by atoms with Crippen molar-refractivity contribution in [1.29, 1.82) is 0 Å². The summed E-state index contributed by atoms with van der Waals surface area (Å²) in [4.78, 5) is 18.5. The second-order valence-corrected chi connectivity index (χ2v) is 6.42. The van der Waals surface area contributed by atoms with Crippen molar-refractivity contribution in [2.75, 3.05) is 32.1 Å². The van der Waals surface area contributed by atoms with Crippen LogP contribution in [0, 0.1) is 5.92 Å². The number of hydrogen-bond donors (Lipinski definition) is 1. The van der Waals surface area contributed by atoms with Crippen LogP contribution in [0.2, 0.25) is 0 Å². The number of amides is 1. The Morgan fingerprint density at radius 2 is 2.25 bits per heavy atom. The third kappa shape index (κ3) is 3.32. The van der Waals surface area contributed by atoms with Gasteiger partial charge in [-0.2, -0.15) is 4.98 Å². The second kappa shape index (κ2) is 6.33. The molecule has 2 aliphatic rings. The summed E-state index contributed by atoms with van der Waals surface area (Å²) in [5, 5.41) is 6.98. The smallest absolute Gasteiger partial charge is 0.258 e. The Morgan fingerprint density at radius 3 is 3.04 bits per heavy atom. The molecule has 7 heteroatoms. The number of carbonyl (C=O) groups excluding carboxylic acids is 1. The zero-order chi connectivity index (χ0) is 16.5. The monoisotopic (exact) mass is 328 g/mol. The number of morpholine rings is 1. The Morgan fingerprint density at radius 1 is 1.38 bits per heavy atom. The van der Waals surface area contributed by atoms with Gasteiger partial charge in [-0.25, -0.2) is 0 Å². The van der Waals surface area contributed by atoms with Crippen LogP contribution in [0.4, 0.5) is 5.69 Å². The largest absolute Gasteiger partial charge is 0.367 e. The Balaban J connectivity index is 1.50. The van der Waals surface area contributed by atoms with Gasteiger partial charge in [0.15, 0.2) is 0 Å². The third-order valence-corrected chi connectivity index (χ3v) is 4.32. The van der Waals surface area contributed by atoms with Crippen LogP contribution in [0.25, 0.3) is 11.5 Å². The topological polar surface area (TPSA) is 80.5 Å². The lowest BCUT2D eigenvalue weighted by Crippen LogP contribution is -2.35. The van der Waals surface area contributed by atoms with Crippen molar-refractivity contribution in [1.82, 2.24) is 15.0 Å². The molecule has 4 rings (SSSR count). The molecule has 1 atom stereocenters. The number of ether oxygens (including phenoxy) is 1. The van der Waals surface area contributed by atoms with Crippen molar-refractivity contribution < 1.29 is 14.1 Å². The van der Waals surface area contributed by atoms with E-state index in [4.69, 9.17) is 9.26 Å². The first-order valence-corrected chi connectivity index (χ1v) is 8.24. The fourth-order valence-corrected chi connectivity index (χ4v) is 2.74. The molecule has 1 N–H and O–H groups in total. The molecule has 2 fully saturated rings. The molecule has 126 valence electrons. The quantitative estimate of drug-likeness (QED) is 0.925. The van der Waals surface area contributed by atoms with E-state index < -0.39 is 0 Å². The Bertz CT molecular complexity index is 741. The maximum absolute atomic E-state index is 11.9. The zero-order valence-electron chi connectivity index (χ0n) is 13.6. The molecule has 1 aromatic carbocycles. The molecule has 1 aromatic heterocycles. The van der Waals surface area contributed by atoms with Crippen molar-refractivity contribution in [3.8, 4) is 11.5 Å². The van der Waals surface area contributed by atoms with Crippen LogP contribution < -0.4 is 5.32 Å². The summed E-state index contributed by atoms with van der Waals surface area (Å²) in [5.74, 6) is 1.24. The molecule has 1 saturated carbocycles. The number of anilines is 1. The summed E-state index contributed by atoms with van der Waals surface area (Å²) in [6.45, 7) is 2.31. The van der Waals surface area contributed by atoms with Crippen molar-refractivity contribution in [3.63, 3.8) is 0 Å². The van der Waals surface area contributed by atoms with Gasteiger partial charge in [0.2, 0.25) is 11.7 Å². The van der Waals surface area contributed by atoms with Crippen molar-refractivity contribution in [2.24, 2.45) is 5.92 Å². The van der Waals surface area contributed by atoms with Crippen LogP contribution in [0.5, 0.6) is 0 Å². The average Bonchev–Trinajstić information content (AvgIpc) is 3.32. The summed E-state index contributed by atoms with van der Waals surface area (Å²) >= 11 is 0. The molecule has 2 heterocycles. The fourth-order valence-electron chi connectivity index (χ4n) is 2.74. The van der Waals surface area contributed by atoms with Crippen LogP contribution in [-0.2, 0) is 9.53 Å². The molecule has 2 aromatic rings. The highest BCUT2D eigenvalue weighted by Gasteiger charge is 2.29. The first-order chi connectivity index (χ1) is 11.7. The van der Waals surface area contributed by atoms with Crippen LogP contribution in [0.1, 0.15) is 24.8 Å². The van der Waals surface area contributed by atoms with E-state index in [1.54, 1.807) is 0 Å². The SMILES string of the molecule is CN1CCO[C@@H](c2noc(-c3cccc(NC(=O)C4CC4)c3)n2)C1. The third-order valence-electron chi connectivity index (χ3n) is 4.32. The van der Waals surface area contributed by atoms with E-state index in [-0.39, 0.29) is 17.9 Å². The van der Waals surface area contributed by atoms with Gasteiger partial charge in [0.1, 0.15) is 6.10 Å². The van der Waals surface area contributed by atoms with Gasteiger partial charge in [0, 0.05) is 30.3 Å². The summed E-state index contributed by atoms with van der Waals surface area (Å²) in [6, 6.07) is 7.47. The summed E-state index contributed by atoms with van der Waals surface area (Å²) in [5.41, 5.74) is 1.53. The number of benzene rings is 1. The number of nitrogens with zero attached hydrogens (tertiary/aromatic N) is 3. The van der Waals surface area contributed by atoms with Crippen LogP contribution >= 0.6 is 0 Å². The first-order valence-electron chi connectivity index (χ1n) is 8.24. The first kappa shape index (κ1) is 15.3. The van der Waals surface area contributed by atoms with E-state index in [1.807, 2.05) is 31.3 Å². The second-order valence-electron chi connectivity index (χ2n) is 6.42. The molecule has 0 radical (unpaired) electrons. The van der Waals surface area contributed by atoms with Crippen molar-refractivity contribution in [3.05, 3.63) is 30.1 Å². The Hall–Kier alpha value is -2.25. The maximum atomic E-state index is 11.9. The van der Waals surface area contributed by atoms with Gasteiger partial charge in [-0.05, 0) is 38.1 Å².